The normalized spacial score (nSPS) is 13.0. The fourth-order valence-corrected chi connectivity index (χ4v) is 4.90. The van der Waals surface area contributed by atoms with E-state index in [-0.39, 0.29) is 39.0 Å². The van der Waals surface area contributed by atoms with Gasteiger partial charge in [-0.3, -0.25) is 39.9 Å². The largest absolute Gasteiger partial charge is 2.00 e. The van der Waals surface area contributed by atoms with Crippen LogP contribution >= 0.6 is 31.2 Å². The number of halogens is 24. The van der Waals surface area contributed by atoms with Gasteiger partial charge in [0.05, 0.1) is 94.7 Å². The van der Waals surface area contributed by atoms with Crippen molar-refractivity contribution in [3.63, 3.8) is 0 Å². The topological polar surface area (TPSA) is 196 Å². The van der Waals surface area contributed by atoms with Crippen molar-refractivity contribution >= 4 is 78.8 Å². The van der Waals surface area contributed by atoms with Crippen molar-refractivity contribution in [2.24, 2.45) is 20.0 Å². The maximum atomic E-state index is 9.87. The van der Waals surface area contributed by atoms with Gasteiger partial charge in [-0.15, -0.1) is 0 Å². The second-order valence-corrected chi connectivity index (χ2v) is 25.8. The van der Waals surface area contributed by atoms with Gasteiger partial charge in [0.2, 0.25) is 0 Å². The molecule has 12 nitrogen and oxygen atoms in total. The Morgan fingerprint density at radius 3 is 0.471 bits per heavy atom. The Bertz CT molecular complexity index is 3380. The van der Waals surface area contributed by atoms with Gasteiger partial charge in [0.1, 0.15) is 0 Å². The van der Waals surface area contributed by atoms with E-state index in [1.807, 2.05) is 170 Å². The molecule has 0 aliphatic rings. The number of benzene rings is 4. The zero-order valence-electron chi connectivity index (χ0n) is 53.7. The van der Waals surface area contributed by atoms with Crippen LogP contribution < -0.4 is 0 Å². The molecule has 0 fully saturated rings. The van der Waals surface area contributed by atoms with Crippen molar-refractivity contribution in [1.82, 2.24) is 19.9 Å². The molecule has 0 saturated carbocycles. The number of hydrogen-bond donors (Lipinski definition) is 0. The summed E-state index contributed by atoms with van der Waals surface area (Å²) in [5, 5.41) is 29.3. The van der Waals surface area contributed by atoms with Gasteiger partial charge < -0.3 is 0 Å². The first-order chi connectivity index (χ1) is 44.8. The van der Waals surface area contributed by atoms with E-state index in [9.17, 15) is 101 Å². The number of pyridine rings is 4. The van der Waals surface area contributed by atoms with Gasteiger partial charge in [-0.2, -0.15) is 21.0 Å². The zero-order valence-corrected chi connectivity index (χ0v) is 60.8. The number of hydrogen-bond acceptors (Lipinski definition) is 12. The van der Waals surface area contributed by atoms with Crippen LogP contribution in [0.5, 0.6) is 0 Å². The predicted molar refractivity (Wildman–Crippen MR) is 350 cm³/mol. The summed E-state index contributed by atoms with van der Waals surface area (Å²) in [5.41, 5.74) is 12.3. The van der Waals surface area contributed by atoms with E-state index in [0.717, 1.165) is 45.5 Å². The molecule has 8 rings (SSSR count). The van der Waals surface area contributed by atoms with Crippen molar-refractivity contribution in [3.05, 3.63) is 240 Å². The summed E-state index contributed by atoms with van der Waals surface area (Å²) in [6.07, 6.45) is 14.1. The molecule has 8 aromatic rings. The van der Waals surface area contributed by atoms with Gasteiger partial charge >= 0.3 is 171 Å². The first-order valence-corrected chi connectivity index (χ1v) is 34.5. The first-order valence-electron chi connectivity index (χ1n) is 26.4. The van der Waals surface area contributed by atoms with Crippen molar-refractivity contribution in [3.8, 4) is 24.3 Å². The molecule has 102 heavy (non-hydrogen) atoms. The summed E-state index contributed by atoms with van der Waals surface area (Å²) in [7, 11) is -42.6. The molecular weight excluding hydrogens is 1670 g/mol. The minimum Gasteiger partial charge on any atom is 2.00 e. The Morgan fingerprint density at radius 1 is 0.255 bits per heavy atom. The van der Waals surface area contributed by atoms with Crippen molar-refractivity contribution in [1.29, 1.82) is 21.0 Å². The number of nitrogens with zero attached hydrogens (tertiary/aromatic N) is 12. The summed E-state index contributed by atoms with van der Waals surface area (Å²) in [5.74, 6) is 0. The monoisotopic (exact) mass is 1730 g/mol. The molecule has 0 bridgehead atoms. The molecule has 0 spiro atoms. The number of nitriles is 4. The number of aromatic nitrogens is 4. The van der Waals surface area contributed by atoms with Gasteiger partial charge in [-0.1, -0.05) is 95.1 Å². The molecule has 4 heterocycles. The SMILES string of the molecule is CC#N.CC#N.CC#N.CC#N.Cc1ccc(N=Cc2ccccn2)cc1.Cc1ccc(N=Cc2ccccn2)cc1.Cc1ccc(N=Cc2ccccn2)cc1.Cc1ccc(N=Cc2ccccn2)cc1.F[P-](F)(F)(F)(F)F.F[P-](F)(F)(F)(F)F.F[P-](F)(F)(F)(F)F.F[P-](F)(F)(F)(F)F.[Ru+2].[Ru+2]. The number of aryl methyl sites for hydroxylation is 4. The number of aliphatic imine (C=N–C) groups is 4. The van der Waals surface area contributed by atoms with Crippen LogP contribution in [-0.4, -0.2) is 44.8 Å². The van der Waals surface area contributed by atoms with Crippen LogP contribution in [0, 0.1) is 73.0 Å². The van der Waals surface area contributed by atoms with Crippen molar-refractivity contribution in [2.75, 3.05) is 0 Å². The molecule has 0 saturated heterocycles. The van der Waals surface area contributed by atoms with Gasteiger partial charge in [0.25, 0.3) is 0 Å². The molecule has 0 radical (unpaired) electrons. The summed E-state index contributed by atoms with van der Waals surface area (Å²) >= 11 is 0. The molecule has 564 valence electrons. The van der Waals surface area contributed by atoms with Crippen LogP contribution in [0.25, 0.3) is 0 Å². The predicted octanol–water partition coefficient (Wildman–Crippen LogP) is 28.2. The molecule has 0 aliphatic carbocycles. The smallest absolute Gasteiger partial charge is 2.00 e. The van der Waals surface area contributed by atoms with E-state index in [0.29, 0.717) is 0 Å². The van der Waals surface area contributed by atoms with E-state index in [1.54, 1.807) is 73.9 Å². The van der Waals surface area contributed by atoms with E-state index < -0.39 is 31.2 Å². The van der Waals surface area contributed by atoms with Gasteiger partial charge in [0, 0.05) is 52.5 Å². The van der Waals surface area contributed by atoms with Crippen LogP contribution in [0.2, 0.25) is 0 Å². The minimum atomic E-state index is -10.7. The summed E-state index contributed by atoms with van der Waals surface area (Å²) < 4.78 is 237. The second-order valence-electron chi connectivity index (χ2n) is 18.1. The van der Waals surface area contributed by atoms with E-state index in [2.05, 4.69) is 67.6 Å². The van der Waals surface area contributed by atoms with Crippen LogP contribution in [-0.2, 0) is 39.0 Å². The zero-order chi connectivity index (χ0) is 78.5. The maximum Gasteiger partial charge on any atom is 2.00 e. The van der Waals surface area contributed by atoms with Gasteiger partial charge in [0.15, 0.2) is 0 Å². The minimum absolute atomic E-state index is 0. The van der Waals surface area contributed by atoms with Crippen LogP contribution in [0.15, 0.2) is 215 Å². The molecule has 4 aromatic heterocycles. The standard InChI is InChI=1S/4C13H12N2.4C2H3N.4F6P.2Ru/c4*1-11-5-7-12(8-6-11)15-10-13-4-2-3-9-14-13;4*1-2-3;4*1-7(2,3,4,5)6;;/h4*2-10H,1H3;4*1H3;;;;;;/q;;;;;;;;4*-1;2*+2. The molecule has 0 amide bonds. The van der Waals surface area contributed by atoms with Gasteiger partial charge in [-0.25, -0.2) is 0 Å². The molecule has 0 aliphatic heterocycles. The third kappa shape index (κ3) is 107. The Labute approximate surface area is 595 Å². The Balaban J connectivity index is -0.000000257. The second kappa shape index (κ2) is 42.1. The van der Waals surface area contributed by atoms with Gasteiger partial charge in [-0.05, 0) is 125 Å². The average molecular weight is 1730 g/mol. The fourth-order valence-electron chi connectivity index (χ4n) is 4.90. The maximum absolute atomic E-state index is 10.7. The summed E-state index contributed by atoms with van der Waals surface area (Å²) in [6.45, 7) is 14.0. The van der Waals surface area contributed by atoms with E-state index in [4.69, 9.17) is 21.0 Å². The summed E-state index contributed by atoms with van der Waals surface area (Å²) in [6, 6.07) is 62.4. The summed E-state index contributed by atoms with van der Waals surface area (Å²) in [4.78, 5) is 34.0. The van der Waals surface area contributed by atoms with E-state index in [1.165, 1.54) is 49.9 Å². The molecule has 0 N–H and O–H groups in total. The van der Waals surface area contributed by atoms with Crippen molar-refractivity contribution < 1.29 is 140 Å². The van der Waals surface area contributed by atoms with E-state index >= 15 is 0 Å². The Hall–Kier alpha value is -8.59. The van der Waals surface area contributed by atoms with Crippen molar-refractivity contribution in [2.45, 2.75) is 55.4 Å². The van der Waals surface area contributed by atoms with Crippen LogP contribution in [0.1, 0.15) is 72.7 Å². The molecule has 42 heteroatoms. The van der Waals surface area contributed by atoms with Crippen LogP contribution in [0.4, 0.5) is 123 Å². The Kier molecular flexibility index (Phi) is 43.1. The quantitative estimate of drug-likeness (QED) is 0.0620. The molecule has 0 atom stereocenters. The van der Waals surface area contributed by atoms with Crippen LogP contribution in [0.3, 0.4) is 0 Å². The average Bonchev–Trinajstić information content (AvgIpc) is 0.811. The Morgan fingerprint density at radius 2 is 0.373 bits per heavy atom. The molecule has 0 unspecified atom stereocenters. The third-order valence-electron chi connectivity index (χ3n) is 8.27. The fraction of sp³-hybridized carbons (Fsp3) is 0.133. The first kappa shape index (κ1) is 104. The number of rotatable bonds is 8. The molecular formula is C60H60F24N12P4Ru2. The third-order valence-corrected chi connectivity index (χ3v) is 8.27. The molecule has 4 aromatic carbocycles.